The molecule has 2 radical (unpaired) electrons. The molecule has 0 unspecified atom stereocenters. The number of benzene rings is 5. The number of pyridine rings is 3. The van der Waals surface area contributed by atoms with Crippen molar-refractivity contribution in [1.82, 2.24) is 15.0 Å². The first kappa shape index (κ1) is 48.9. The van der Waals surface area contributed by atoms with Crippen molar-refractivity contribution in [3.63, 3.8) is 0 Å². The van der Waals surface area contributed by atoms with Gasteiger partial charge in [0.2, 0.25) is 0 Å². The van der Waals surface area contributed by atoms with Gasteiger partial charge in [-0.2, -0.15) is 0 Å². The Hall–Kier alpha value is -6.16. The van der Waals surface area contributed by atoms with Crippen LogP contribution >= 0.6 is 0 Å². The summed E-state index contributed by atoms with van der Waals surface area (Å²) in [6.45, 7) is 4.73. The van der Waals surface area contributed by atoms with Gasteiger partial charge in [0.25, 0.3) is 0 Å². The molecule has 2 aliphatic rings. The second kappa shape index (κ2) is 21.5. The minimum atomic E-state index is -1.16. The zero-order valence-corrected chi connectivity index (χ0v) is 39.6. The number of aliphatic hydroxyl groups is 3. The predicted molar refractivity (Wildman–Crippen MR) is 237 cm³/mol. The van der Waals surface area contributed by atoms with Gasteiger partial charge >= 0.3 is 0 Å². The average molecular weight is 1210 g/mol. The molecule has 5 aromatic carbocycles. The van der Waals surface area contributed by atoms with Crippen LogP contribution in [0.1, 0.15) is 53.1 Å². The molecule has 0 saturated carbocycles. The predicted octanol–water partition coefficient (Wildman–Crippen LogP) is 10.9. The van der Waals surface area contributed by atoms with E-state index in [4.69, 9.17) is 5.11 Å². The number of halogens is 2. The molecule has 0 bridgehead atoms. The summed E-state index contributed by atoms with van der Waals surface area (Å²) in [6, 6.07) is 51.2. The van der Waals surface area contributed by atoms with Crippen LogP contribution in [0.15, 0.2) is 188 Å². The molecular weight excluding hydrogens is 1170 g/mol. The van der Waals surface area contributed by atoms with Crippen molar-refractivity contribution in [2.45, 2.75) is 32.0 Å². The normalized spacial score (nSPS) is 12.8. The fraction of sp³-hybridized carbons (Fsp3) is 0.0943. The smallest absolute Gasteiger partial charge is 0.158 e. The molecular formula is C53H42F2Ir2N3O4-. The quantitative estimate of drug-likeness (QED) is 0.0913. The zero-order valence-electron chi connectivity index (χ0n) is 34.8. The zero-order chi connectivity index (χ0) is 43.9. The van der Waals surface area contributed by atoms with Gasteiger partial charge in [-0.15, -0.1) is 12.1 Å². The second-order valence-corrected chi connectivity index (χ2v) is 14.7. The van der Waals surface area contributed by atoms with Gasteiger partial charge < -0.3 is 20.3 Å². The van der Waals surface area contributed by atoms with E-state index in [1.54, 1.807) is 24.7 Å². The summed E-state index contributed by atoms with van der Waals surface area (Å²) >= 11 is 0. The minimum absolute atomic E-state index is 0. The maximum absolute atomic E-state index is 13.4. The molecule has 0 amide bonds. The third kappa shape index (κ3) is 10.1. The third-order valence-corrected chi connectivity index (χ3v) is 10.4. The SMILES string of the molecule is CC(=O)C=C(C)O.Cc1ccnc(-c2[c-]cc(F)cc2F)c1.OC1(c2ccccn2)c2ccccc2-c2ccccc21.OC1(c2ccccn2)c2ccccc2-c2ccccc21.[Ir].[Ir]. The van der Waals surface area contributed by atoms with Gasteiger partial charge in [-0.3, -0.25) is 23.5 Å². The molecule has 0 aliphatic heterocycles. The van der Waals surface area contributed by atoms with Crippen LogP contribution < -0.4 is 0 Å². The number of hydrogen-bond acceptors (Lipinski definition) is 7. The number of aliphatic hydroxyl groups excluding tert-OH is 1. The second-order valence-electron chi connectivity index (χ2n) is 14.7. The number of allylic oxidation sites excluding steroid dienone is 2. The van der Waals surface area contributed by atoms with Crippen molar-refractivity contribution in [3.05, 3.63) is 245 Å². The maximum atomic E-state index is 13.4. The van der Waals surface area contributed by atoms with Crippen molar-refractivity contribution in [2.75, 3.05) is 0 Å². The van der Waals surface area contributed by atoms with Gasteiger partial charge in [0.1, 0.15) is 0 Å². The molecule has 8 aromatic rings. The van der Waals surface area contributed by atoms with E-state index in [2.05, 4.69) is 45.3 Å². The molecule has 10 rings (SSSR count). The molecule has 3 N–H and O–H groups in total. The number of carbonyl (C=O) groups excluding carboxylic acids is 1. The fourth-order valence-electron chi connectivity index (χ4n) is 7.74. The van der Waals surface area contributed by atoms with Crippen molar-refractivity contribution in [1.29, 1.82) is 0 Å². The van der Waals surface area contributed by atoms with Crippen LogP contribution in [-0.4, -0.2) is 36.1 Å². The largest absolute Gasteiger partial charge is 0.512 e. The number of aryl methyl sites for hydroxylation is 1. The molecule has 2 aliphatic carbocycles. The molecule has 3 heterocycles. The van der Waals surface area contributed by atoms with Gasteiger partial charge in [0.05, 0.1) is 17.1 Å². The standard InChI is InChI=1S/2C18H13NO.C12H8F2N.C5H8O2.2Ir/c2*20-18(17-11-5-6-12-19-17)15-9-3-1-7-13(15)14-8-2-4-10-16(14)18;1-8-4-5-15-12(6-8)10-3-2-9(13)7-11(10)14;1-4(6)3-5(2)7;;/h2*1-12,20H;2,4-7H,1H3;3,6H,1-2H3;;/q;;-1;;;. The Labute approximate surface area is 398 Å². The van der Waals surface area contributed by atoms with E-state index in [1.165, 1.54) is 19.9 Å². The van der Waals surface area contributed by atoms with E-state index in [0.717, 1.165) is 62.2 Å². The summed E-state index contributed by atoms with van der Waals surface area (Å²) in [4.78, 5) is 22.8. The first-order chi connectivity index (χ1) is 29.9. The first-order valence-corrected chi connectivity index (χ1v) is 19.8. The number of carbonyl (C=O) groups is 1. The summed E-state index contributed by atoms with van der Waals surface area (Å²) in [5.41, 5.74) is 8.57. The van der Waals surface area contributed by atoms with Crippen molar-refractivity contribution in [3.8, 4) is 33.5 Å². The average Bonchev–Trinajstić information content (AvgIpc) is 3.71. The summed E-state index contributed by atoms with van der Waals surface area (Å²) in [7, 11) is 0. The number of fused-ring (bicyclic) bond motifs is 6. The first-order valence-electron chi connectivity index (χ1n) is 19.8. The maximum Gasteiger partial charge on any atom is 0.158 e. The van der Waals surface area contributed by atoms with E-state index in [-0.39, 0.29) is 57.3 Å². The molecule has 0 atom stereocenters. The molecule has 0 fully saturated rings. The van der Waals surface area contributed by atoms with Crippen LogP contribution in [0.4, 0.5) is 8.78 Å². The molecule has 326 valence electrons. The van der Waals surface area contributed by atoms with E-state index in [9.17, 15) is 23.8 Å². The van der Waals surface area contributed by atoms with Gasteiger partial charge in [-0.25, -0.2) is 0 Å². The Morgan fingerprint density at radius 3 is 1.31 bits per heavy atom. The Bertz CT molecular complexity index is 2670. The van der Waals surface area contributed by atoms with Crippen molar-refractivity contribution >= 4 is 5.78 Å². The van der Waals surface area contributed by atoms with Crippen molar-refractivity contribution in [2.24, 2.45) is 0 Å². The van der Waals surface area contributed by atoms with Gasteiger partial charge in [0.15, 0.2) is 17.0 Å². The number of ketones is 1. The van der Waals surface area contributed by atoms with Crippen LogP contribution in [0.25, 0.3) is 33.5 Å². The molecule has 0 saturated heterocycles. The molecule has 11 heteroatoms. The summed E-state index contributed by atoms with van der Waals surface area (Å²) in [5.74, 6) is -1.34. The van der Waals surface area contributed by atoms with Crippen LogP contribution in [0.3, 0.4) is 0 Å². The molecule has 7 nitrogen and oxygen atoms in total. The van der Waals surface area contributed by atoms with E-state index < -0.39 is 22.8 Å². The monoisotopic (exact) mass is 1210 g/mol. The number of aromatic nitrogens is 3. The third-order valence-electron chi connectivity index (χ3n) is 10.4. The van der Waals surface area contributed by atoms with E-state index in [1.807, 2.05) is 122 Å². The number of hydrogen-bond donors (Lipinski definition) is 3. The van der Waals surface area contributed by atoms with Crippen LogP contribution in [-0.2, 0) is 56.2 Å². The number of rotatable bonds is 4. The Morgan fingerprint density at radius 2 is 0.984 bits per heavy atom. The fourth-order valence-corrected chi connectivity index (χ4v) is 7.74. The van der Waals surface area contributed by atoms with E-state index in [0.29, 0.717) is 17.1 Å². The van der Waals surface area contributed by atoms with E-state index >= 15 is 0 Å². The van der Waals surface area contributed by atoms with Gasteiger partial charge in [0, 0.05) is 98.8 Å². The van der Waals surface area contributed by atoms with Gasteiger partial charge in [-0.1, -0.05) is 132 Å². The topological polar surface area (TPSA) is 116 Å². The molecule has 0 spiro atoms. The molecule has 64 heavy (non-hydrogen) atoms. The Balaban J connectivity index is 0.000000167. The number of nitrogens with zero attached hydrogens (tertiary/aromatic N) is 3. The van der Waals surface area contributed by atoms with Gasteiger partial charge in [-0.05, 0) is 79.1 Å². The minimum Gasteiger partial charge on any atom is -0.512 e. The van der Waals surface area contributed by atoms with Crippen LogP contribution in [0.5, 0.6) is 0 Å². The summed E-state index contributed by atoms with van der Waals surface area (Å²) in [6.07, 6.45) is 6.19. The Morgan fingerprint density at radius 1 is 0.578 bits per heavy atom. The Kier molecular flexibility index (Phi) is 16.4. The molecule has 3 aromatic heterocycles. The van der Waals surface area contributed by atoms with Crippen molar-refractivity contribution < 1.29 is 69.1 Å². The van der Waals surface area contributed by atoms with Crippen LogP contribution in [0, 0.1) is 24.6 Å². The summed E-state index contributed by atoms with van der Waals surface area (Å²) < 4.78 is 26.0. The van der Waals surface area contributed by atoms with Crippen LogP contribution in [0.2, 0.25) is 0 Å². The summed E-state index contributed by atoms with van der Waals surface area (Å²) in [5, 5.41) is 31.2.